The summed E-state index contributed by atoms with van der Waals surface area (Å²) >= 11 is 0. The lowest BCUT2D eigenvalue weighted by Gasteiger charge is -2.23. The van der Waals surface area contributed by atoms with Crippen molar-refractivity contribution in [3.05, 3.63) is 29.9 Å². The Morgan fingerprint density at radius 1 is 1.40 bits per heavy atom. The van der Waals surface area contributed by atoms with Crippen LogP contribution < -0.4 is 4.74 Å². The number of ether oxygens (including phenoxy) is 1. The maximum Gasteiger partial charge on any atom is 0.451 e. The first-order valence-electron chi connectivity index (χ1n) is 6.53. The predicted octanol–water partition coefficient (Wildman–Crippen LogP) is 2.63. The quantitative estimate of drug-likeness (QED) is 0.855. The van der Waals surface area contributed by atoms with Gasteiger partial charge in [0.25, 0.3) is 0 Å². The van der Waals surface area contributed by atoms with Crippen molar-refractivity contribution in [2.75, 3.05) is 13.2 Å². The Hall–Kier alpha value is -1.79. The lowest BCUT2D eigenvalue weighted by atomic mass is 10.2. The Morgan fingerprint density at radius 3 is 3.05 bits per heavy atom. The number of hydrogen-bond acceptors (Lipinski definition) is 4. The molecule has 1 fully saturated rings. The number of rotatable bonds is 3. The molecule has 108 valence electrons. The molecule has 0 saturated carbocycles. The number of alkyl halides is 3. The minimum Gasteiger partial charge on any atom is -0.475 e. The minimum absolute atomic E-state index is 0.0241. The van der Waals surface area contributed by atoms with Crippen LogP contribution in [0.2, 0.25) is 0 Å². The van der Waals surface area contributed by atoms with Crippen LogP contribution in [-0.4, -0.2) is 34.1 Å². The van der Waals surface area contributed by atoms with Gasteiger partial charge in [-0.1, -0.05) is 6.08 Å². The van der Waals surface area contributed by atoms with Crippen LogP contribution in [0.3, 0.4) is 0 Å². The zero-order chi connectivity index (χ0) is 14.2. The van der Waals surface area contributed by atoms with Crippen LogP contribution in [0.5, 0.6) is 5.88 Å². The molecule has 1 aromatic rings. The summed E-state index contributed by atoms with van der Waals surface area (Å²) < 4.78 is 42.9. The number of hydrogen-bond donors (Lipinski definition) is 0. The molecule has 0 bridgehead atoms. The normalized spacial score (nSPS) is 21.9. The molecule has 2 aliphatic rings. The number of aromatic nitrogens is 2. The molecule has 4 nitrogen and oxygen atoms in total. The van der Waals surface area contributed by atoms with Gasteiger partial charge in [0.1, 0.15) is 6.61 Å². The van der Waals surface area contributed by atoms with Crippen molar-refractivity contribution in [3.8, 4) is 5.88 Å². The SMILES string of the molecule is FC(F)(F)c1nccc(OC[C@@H]2CCC3=CCCN32)n1. The summed E-state index contributed by atoms with van der Waals surface area (Å²) in [6, 6.07) is 1.58. The van der Waals surface area contributed by atoms with E-state index in [-0.39, 0.29) is 11.9 Å². The van der Waals surface area contributed by atoms with E-state index in [9.17, 15) is 13.2 Å². The highest BCUT2D eigenvalue weighted by atomic mass is 19.4. The third-order valence-electron chi connectivity index (χ3n) is 3.60. The molecule has 2 aliphatic heterocycles. The molecule has 1 atom stereocenters. The van der Waals surface area contributed by atoms with E-state index in [1.165, 1.54) is 11.8 Å². The Kier molecular flexibility index (Phi) is 3.27. The average molecular weight is 285 g/mol. The molecule has 7 heteroatoms. The van der Waals surface area contributed by atoms with Crippen LogP contribution in [0, 0.1) is 0 Å². The van der Waals surface area contributed by atoms with Gasteiger partial charge in [-0.3, -0.25) is 0 Å². The fourth-order valence-electron chi connectivity index (χ4n) is 2.68. The van der Waals surface area contributed by atoms with Crippen LogP contribution in [0.1, 0.15) is 25.1 Å². The van der Waals surface area contributed by atoms with E-state index in [0.717, 1.165) is 32.0 Å². The van der Waals surface area contributed by atoms with E-state index >= 15 is 0 Å². The Bertz CT molecular complexity index is 530. The number of halogens is 3. The Morgan fingerprint density at radius 2 is 2.25 bits per heavy atom. The summed E-state index contributed by atoms with van der Waals surface area (Å²) in [5.74, 6) is -1.19. The predicted molar refractivity (Wildman–Crippen MR) is 65.0 cm³/mol. The standard InChI is InChI=1S/C13H14F3N3O/c14-13(15,16)12-17-6-5-11(18-12)20-8-10-4-3-9-2-1-7-19(9)10/h2,5-6,10H,1,3-4,7-8H2/t10-/m0/s1. The minimum atomic E-state index is -4.54. The molecule has 3 rings (SSSR count). The Labute approximate surface area is 114 Å². The highest BCUT2D eigenvalue weighted by Gasteiger charge is 2.35. The maximum atomic E-state index is 12.5. The van der Waals surface area contributed by atoms with Gasteiger partial charge < -0.3 is 9.64 Å². The summed E-state index contributed by atoms with van der Waals surface area (Å²) in [5, 5.41) is 0. The molecule has 1 aromatic heterocycles. The van der Waals surface area contributed by atoms with Crippen LogP contribution >= 0.6 is 0 Å². The van der Waals surface area contributed by atoms with Crippen LogP contribution in [0.4, 0.5) is 13.2 Å². The average Bonchev–Trinajstić information content (AvgIpc) is 2.99. The number of allylic oxidation sites excluding steroid dienone is 1. The molecular formula is C13H14F3N3O. The highest BCUT2D eigenvalue weighted by Crippen LogP contribution is 2.32. The first kappa shape index (κ1) is 13.2. The molecule has 3 heterocycles. The van der Waals surface area contributed by atoms with E-state index in [0.29, 0.717) is 6.61 Å². The van der Waals surface area contributed by atoms with Crippen LogP contribution in [0.25, 0.3) is 0 Å². The lowest BCUT2D eigenvalue weighted by molar-refractivity contribution is -0.145. The fourth-order valence-corrected chi connectivity index (χ4v) is 2.68. The number of nitrogens with zero attached hydrogens (tertiary/aromatic N) is 3. The first-order chi connectivity index (χ1) is 9.54. The van der Waals surface area contributed by atoms with Crippen LogP contribution in [0.15, 0.2) is 24.0 Å². The molecule has 20 heavy (non-hydrogen) atoms. The second-order valence-electron chi connectivity index (χ2n) is 4.90. The third kappa shape index (κ3) is 2.57. The van der Waals surface area contributed by atoms with E-state index in [2.05, 4.69) is 20.9 Å². The maximum absolute atomic E-state index is 12.5. The summed E-state index contributed by atoms with van der Waals surface area (Å²) in [6.45, 7) is 1.33. The smallest absolute Gasteiger partial charge is 0.451 e. The van der Waals surface area contributed by atoms with Crippen molar-refractivity contribution in [1.82, 2.24) is 14.9 Å². The van der Waals surface area contributed by atoms with Crippen molar-refractivity contribution >= 4 is 0 Å². The second kappa shape index (κ2) is 4.96. The van der Waals surface area contributed by atoms with Gasteiger partial charge in [-0.15, -0.1) is 0 Å². The second-order valence-corrected chi connectivity index (χ2v) is 4.90. The molecule has 0 aromatic carbocycles. The van der Waals surface area contributed by atoms with Gasteiger partial charge in [0.15, 0.2) is 0 Å². The molecule has 0 aliphatic carbocycles. The van der Waals surface area contributed by atoms with Gasteiger partial charge in [0.05, 0.1) is 6.04 Å². The van der Waals surface area contributed by atoms with Crippen molar-refractivity contribution in [2.24, 2.45) is 0 Å². The topological polar surface area (TPSA) is 38.2 Å². The molecule has 0 amide bonds. The van der Waals surface area contributed by atoms with Gasteiger partial charge in [0.2, 0.25) is 11.7 Å². The van der Waals surface area contributed by atoms with Gasteiger partial charge in [-0.25, -0.2) is 4.98 Å². The van der Waals surface area contributed by atoms with Gasteiger partial charge in [-0.2, -0.15) is 18.2 Å². The van der Waals surface area contributed by atoms with E-state index < -0.39 is 12.0 Å². The summed E-state index contributed by atoms with van der Waals surface area (Å²) in [5.41, 5.74) is 1.33. The van der Waals surface area contributed by atoms with E-state index in [4.69, 9.17) is 4.74 Å². The van der Waals surface area contributed by atoms with Gasteiger partial charge in [0, 0.05) is 24.5 Å². The highest BCUT2D eigenvalue weighted by molar-refractivity contribution is 5.15. The van der Waals surface area contributed by atoms with Gasteiger partial charge >= 0.3 is 6.18 Å². The van der Waals surface area contributed by atoms with Gasteiger partial charge in [-0.05, 0) is 19.3 Å². The number of fused-ring (bicyclic) bond motifs is 1. The van der Waals surface area contributed by atoms with E-state index in [1.54, 1.807) is 0 Å². The van der Waals surface area contributed by atoms with Crippen molar-refractivity contribution in [2.45, 2.75) is 31.5 Å². The zero-order valence-corrected chi connectivity index (χ0v) is 10.7. The summed E-state index contributed by atoms with van der Waals surface area (Å²) in [7, 11) is 0. The molecule has 0 N–H and O–H groups in total. The largest absolute Gasteiger partial charge is 0.475 e. The fraction of sp³-hybridized carbons (Fsp3) is 0.538. The lowest BCUT2D eigenvalue weighted by Crippen LogP contribution is -2.32. The monoisotopic (exact) mass is 285 g/mol. The van der Waals surface area contributed by atoms with Crippen molar-refractivity contribution in [1.29, 1.82) is 0 Å². The molecule has 0 radical (unpaired) electrons. The molecule has 0 spiro atoms. The Balaban J connectivity index is 1.63. The van der Waals surface area contributed by atoms with Crippen LogP contribution in [-0.2, 0) is 6.18 Å². The summed E-state index contributed by atoms with van der Waals surface area (Å²) in [6.07, 6.45) is 1.78. The van der Waals surface area contributed by atoms with E-state index in [1.807, 2.05) is 0 Å². The third-order valence-corrected chi connectivity index (χ3v) is 3.60. The molecule has 1 saturated heterocycles. The zero-order valence-electron chi connectivity index (χ0n) is 10.7. The molecular weight excluding hydrogens is 271 g/mol. The van der Waals surface area contributed by atoms with Crippen molar-refractivity contribution < 1.29 is 17.9 Å². The summed E-state index contributed by atoms with van der Waals surface area (Å²) in [4.78, 5) is 8.88. The molecule has 0 unspecified atom stereocenters. The van der Waals surface area contributed by atoms with Crippen molar-refractivity contribution in [3.63, 3.8) is 0 Å². The first-order valence-corrected chi connectivity index (χ1v) is 6.53.